The van der Waals surface area contributed by atoms with Crippen LogP contribution in [0.1, 0.15) is 56.8 Å². The van der Waals surface area contributed by atoms with Gasteiger partial charge >= 0.3 is 12.1 Å². The monoisotopic (exact) mass is 495 g/mol. The van der Waals surface area contributed by atoms with Gasteiger partial charge in [-0.25, -0.2) is 23.2 Å². The van der Waals surface area contributed by atoms with E-state index < -0.39 is 23.9 Å². The van der Waals surface area contributed by atoms with Crippen LogP contribution in [-0.4, -0.2) is 55.8 Å². The highest BCUT2D eigenvalue weighted by Gasteiger charge is 2.28. The lowest BCUT2D eigenvalue weighted by Crippen LogP contribution is -2.29. The summed E-state index contributed by atoms with van der Waals surface area (Å²) in [6.07, 6.45) is 1.52. The second-order valence-electron chi connectivity index (χ2n) is 8.89. The maximum absolute atomic E-state index is 12.8. The van der Waals surface area contributed by atoms with Crippen LogP contribution in [0.3, 0.4) is 0 Å². The van der Waals surface area contributed by atoms with E-state index >= 15 is 0 Å². The number of nitrogens with one attached hydrogen (secondary N) is 1. The Balaban J connectivity index is 1.60. The molecular weight excluding hydrogens is 464 g/mol. The Hall–Kier alpha value is -3.31. The Morgan fingerprint density at radius 2 is 2.09 bits per heavy atom. The van der Waals surface area contributed by atoms with E-state index in [0.717, 1.165) is 19.8 Å². The van der Waals surface area contributed by atoms with Gasteiger partial charge in [0.1, 0.15) is 11.4 Å². The number of alkyl halides is 2. The molecule has 192 valence electrons. The molecule has 1 aliphatic carbocycles. The number of hydrogen-bond acceptors (Lipinski definition) is 7. The lowest BCUT2D eigenvalue weighted by atomic mass is 9.87. The number of aryl methyl sites for hydroxylation is 2. The van der Waals surface area contributed by atoms with Gasteiger partial charge in [-0.05, 0) is 58.1 Å². The average molecular weight is 496 g/mol. The molecule has 0 spiro atoms. The maximum atomic E-state index is 12.8. The zero-order valence-corrected chi connectivity index (χ0v) is 20.1. The maximum Gasteiger partial charge on any atom is 0.407 e. The third kappa shape index (κ3) is 7.59. The van der Waals surface area contributed by atoms with Crippen molar-refractivity contribution in [2.75, 3.05) is 6.61 Å². The molecule has 2 aromatic rings. The summed E-state index contributed by atoms with van der Waals surface area (Å²) < 4.78 is 38.2. The van der Waals surface area contributed by atoms with Gasteiger partial charge in [0.05, 0.1) is 42.3 Å². The van der Waals surface area contributed by atoms with Crippen LogP contribution >= 0.6 is 0 Å². The fourth-order valence-corrected chi connectivity index (χ4v) is 3.99. The van der Waals surface area contributed by atoms with E-state index in [1.807, 2.05) is 0 Å². The van der Waals surface area contributed by atoms with Gasteiger partial charge in [-0.3, -0.25) is 4.79 Å². The molecule has 0 aliphatic heterocycles. The largest absolute Gasteiger partial charge is 0.489 e. The standard InChI is InChI=1S/C23H31F2N5O5/c1-14-19(35-16-7-4-6-15(12-16)21(31)32)9-8-17(27-14)20-18(30(3)29-28-20)13-26-22(33)34-11-5-10-23(2,24)25/h8-9,15-16H,4-7,10-13H2,1-3H3,(H,26,33)(H,31,32)/t15-,16-/m0/s1. The van der Waals surface area contributed by atoms with Gasteiger partial charge in [-0.1, -0.05) is 5.21 Å². The van der Waals surface area contributed by atoms with Crippen LogP contribution in [0.4, 0.5) is 13.6 Å². The normalized spacial score (nSPS) is 18.2. The van der Waals surface area contributed by atoms with Crippen molar-refractivity contribution in [3.05, 3.63) is 23.5 Å². The number of alkyl carbamates (subject to hydrolysis) is 1. The van der Waals surface area contributed by atoms with E-state index in [2.05, 4.69) is 20.6 Å². The summed E-state index contributed by atoms with van der Waals surface area (Å²) in [5, 5.41) is 20.0. The van der Waals surface area contributed by atoms with E-state index in [0.29, 0.717) is 41.4 Å². The number of aromatic nitrogens is 4. The minimum Gasteiger partial charge on any atom is -0.489 e. The molecular formula is C23H31F2N5O5. The fourth-order valence-electron chi connectivity index (χ4n) is 3.99. The molecule has 3 rings (SSSR count). The second-order valence-corrected chi connectivity index (χ2v) is 8.89. The number of carboxylic acid groups (broad SMARTS) is 1. The summed E-state index contributed by atoms with van der Waals surface area (Å²) in [5.74, 6) is -3.40. The van der Waals surface area contributed by atoms with E-state index in [1.165, 1.54) is 4.68 Å². The number of carbonyl (C=O) groups excluding carboxylic acids is 1. The Labute approximate surface area is 202 Å². The fraction of sp³-hybridized carbons (Fsp3) is 0.609. The summed E-state index contributed by atoms with van der Waals surface area (Å²) in [6.45, 7) is 2.56. The number of amides is 1. The number of aliphatic carboxylic acids is 1. The van der Waals surface area contributed by atoms with Crippen LogP contribution < -0.4 is 10.1 Å². The van der Waals surface area contributed by atoms with E-state index in [9.17, 15) is 23.5 Å². The molecule has 0 radical (unpaired) electrons. The van der Waals surface area contributed by atoms with E-state index in [1.54, 1.807) is 26.1 Å². The lowest BCUT2D eigenvalue weighted by molar-refractivity contribution is -0.143. The number of pyridine rings is 1. The molecule has 2 N–H and O–H groups in total. The Kier molecular flexibility index (Phi) is 8.57. The summed E-state index contributed by atoms with van der Waals surface area (Å²) in [5.41, 5.74) is 2.21. The highest BCUT2D eigenvalue weighted by Crippen LogP contribution is 2.30. The minimum atomic E-state index is -2.79. The number of halogens is 2. The topological polar surface area (TPSA) is 128 Å². The SMILES string of the molecule is Cc1nc(-c2nnn(C)c2CNC(=O)OCCCC(C)(F)F)ccc1O[C@H]1CCC[C@H](C(=O)O)C1. The van der Waals surface area contributed by atoms with Crippen LogP contribution in [0.2, 0.25) is 0 Å². The van der Waals surface area contributed by atoms with Crippen molar-refractivity contribution in [2.24, 2.45) is 13.0 Å². The average Bonchev–Trinajstić information content (AvgIpc) is 3.16. The number of carbonyl (C=O) groups is 2. The molecule has 10 nitrogen and oxygen atoms in total. The summed E-state index contributed by atoms with van der Waals surface area (Å²) >= 11 is 0. The zero-order chi connectivity index (χ0) is 25.6. The molecule has 1 aliphatic rings. The zero-order valence-electron chi connectivity index (χ0n) is 20.1. The number of ether oxygens (including phenoxy) is 2. The highest BCUT2D eigenvalue weighted by molar-refractivity contribution is 5.70. The van der Waals surface area contributed by atoms with Crippen molar-refractivity contribution in [3.63, 3.8) is 0 Å². The van der Waals surface area contributed by atoms with Crippen LogP contribution in [0.15, 0.2) is 12.1 Å². The molecule has 2 heterocycles. The highest BCUT2D eigenvalue weighted by atomic mass is 19.3. The number of carboxylic acids is 1. The van der Waals surface area contributed by atoms with E-state index in [-0.39, 0.29) is 32.1 Å². The Morgan fingerprint density at radius 3 is 2.77 bits per heavy atom. The van der Waals surface area contributed by atoms with Crippen LogP contribution in [0.25, 0.3) is 11.4 Å². The van der Waals surface area contributed by atoms with Crippen LogP contribution in [0.5, 0.6) is 5.75 Å². The number of nitrogens with zero attached hydrogens (tertiary/aromatic N) is 4. The van der Waals surface area contributed by atoms with Gasteiger partial charge in [-0.15, -0.1) is 5.10 Å². The first-order valence-electron chi connectivity index (χ1n) is 11.6. The van der Waals surface area contributed by atoms with Gasteiger partial charge in [0.15, 0.2) is 0 Å². The second kappa shape index (κ2) is 11.4. The van der Waals surface area contributed by atoms with Crippen molar-refractivity contribution >= 4 is 12.1 Å². The smallest absolute Gasteiger partial charge is 0.407 e. The van der Waals surface area contributed by atoms with E-state index in [4.69, 9.17) is 9.47 Å². The van der Waals surface area contributed by atoms with Gasteiger partial charge in [0.25, 0.3) is 0 Å². The Morgan fingerprint density at radius 1 is 1.31 bits per heavy atom. The molecule has 0 saturated heterocycles. The minimum absolute atomic E-state index is 0.0548. The molecule has 12 heteroatoms. The summed E-state index contributed by atoms with van der Waals surface area (Å²) in [6, 6.07) is 3.50. The van der Waals surface area contributed by atoms with Crippen molar-refractivity contribution in [1.29, 1.82) is 0 Å². The first-order chi connectivity index (χ1) is 16.5. The quantitative estimate of drug-likeness (QED) is 0.476. The first-order valence-corrected chi connectivity index (χ1v) is 11.6. The van der Waals surface area contributed by atoms with Crippen LogP contribution in [-0.2, 0) is 23.1 Å². The number of rotatable bonds is 10. The molecule has 1 saturated carbocycles. The van der Waals surface area contributed by atoms with Gasteiger partial charge in [0, 0.05) is 13.5 Å². The third-order valence-corrected chi connectivity index (χ3v) is 5.89. The third-order valence-electron chi connectivity index (χ3n) is 5.89. The van der Waals surface area contributed by atoms with Crippen molar-refractivity contribution in [2.45, 2.75) is 70.9 Å². The molecule has 35 heavy (non-hydrogen) atoms. The molecule has 2 atom stereocenters. The molecule has 0 bridgehead atoms. The van der Waals surface area contributed by atoms with Gasteiger partial charge in [0.2, 0.25) is 5.92 Å². The summed E-state index contributed by atoms with van der Waals surface area (Å²) in [4.78, 5) is 27.8. The predicted molar refractivity (Wildman–Crippen MR) is 121 cm³/mol. The first kappa shape index (κ1) is 26.3. The molecule has 1 fully saturated rings. The number of hydrogen-bond donors (Lipinski definition) is 2. The summed E-state index contributed by atoms with van der Waals surface area (Å²) in [7, 11) is 1.68. The molecule has 2 aromatic heterocycles. The van der Waals surface area contributed by atoms with Gasteiger partial charge in [-0.2, -0.15) is 0 Å². The van der Waals surface area contributed by atoms with Crippen molar-refractivity contribution in [1.82, 2.24) is 25.3 Å². The lowest BCUT2D eigenvalue weighted by Gasteiger charge is -2.27. The molecule has 0 aromatic carbocycles. The molecule has 0 unspecified atom stereocenters. The van der Waals surface area contributed by atoms with Crippen molar-refractivity contribution < 1.29 is 33.0 Å². The Bertz CT molecular complexity index is 1040. The van der Waals surface area contributed by atoms with Crippen LogP contribution in [0, 0.1) is 12.8 Å². The van der Waals surface area contributed by atoms with Crippen molar-refractivity contribution in [3.8, 4) is 17.1 Å². The molecule has 1 amide bonds. The van der Waals surface area contributed by atoms with Gasteiger partial charge < -0.3 is 19.9 Å². The predicted octanol–water partition coefficient (Wildman–Crippen LogP) is 3.87.